The zero-order chi connectivity index (χ0) is 32.9. The quantitative estimate of drug-likeness (QED) is 0.0986. The highest BCUT2D eigenvalue weighted by Gasteiger charge is 2.50. The summed E-state index contributed by atoms with van der Waals surface area (Å²) in [6.07, 6.45) is 22.3. The molecule has 44 heavy (non-hydrogen) atoms. The first-order valence-corrected chi connectivity index (χ1v) is 18.3. The van der Waals surface area contributed by atoms with Crippen LogP contribution in [0.25, 0.3) is 0 Å². The minimum atomic E-state index is -0.559. The summed E-state index contributed by atoms with van der Waals surface area (Å²) >= 11 is 0. The Morgan fingerprint density at radius 1 is 0.545 bits per heavy atom. The molecule has 2 aliphatic heterocycles. The molecule has 0 N–H and O–H groups in total. The minimum Gasteiger partial charge on any atom is -0.431 e. The molecule has 0 aromatic heterocycles. The van der Waals surface area contributed by atoms with E-state index in [1.54, 1.807) is 7.11 Å². The van der Waals surface area contributed by atoms with Crippen LogP contribution < -0.4 is 0 Å². The average Bonchev–Trinajstić information content (AvgIpc) is 2.87. The molecule has 2 fully saturated rings. The van der Waals surface area contributed by atoms with Crippen LogP contribution in [0.2, 0.25) is 0 Å². The second-order valence-corrected chi connectivity index (χ2v) is 16.4. The number of carbonyl (C=O) groups is 1. The molecule has 260 valence electrons. The van der Waals surface area contributed by atoms with Gasteiger partial charge in [-0.25, -0.2) is 4.79 Å². The third-order valence-electron chi connectivity index (χ3n) is 9.78. The summed E-state index contributed by atoms with van der Waals surface area (Å²) in [4.78, 5) is 25.1. The Bertz CT molecular complexity index is 776. The third-order valence-corrected chi connectivity index (χ3v) is 9.78. The molecule has 2 rings (SSSR count). The maximum absolute atomic E-state index is 13.0. The van der Waals surface area contributed by atoms with Crippen molar-refractivity contribution in [3.63, 3.8) is 0 Å². The van der Waals surface area contributed by atoms with Crippen molar-refractivity contribution in [1.29, 1.82) is 0 Å². The summed E-state index contributed by atoms with van der Waals surface area (Å²) in [6.45, 7) is 20.3. The van der Waals surface area contributed by atoms with Gasteiger partial charge in [0, 0.05) is 47.8 Å². The molecular weight excluding hydrogens is 552 g/mol. The van der Waals surface area contributed by atoms with Crippen LogP contribution in [0.1, 0.15) is 184 Å². The van der Waals surface area contributed by atoms with Crippen molar-refractivity contribution < 1.29 is 23.9 Å². The lowest BCUT2D eigenvalue weighted by Crippen LogP contribution is -2.62. The number of hydroxylamine groups is 4. The zero-order valence-corrected chi connectivity index (χ0v) is 30.7. The summed E-state index contributed by atoms with van der Waals surface area (Å²) in [5.41, 5.74) is -1.01. The highest BCUT2D eigenvalue weighted by atomic mass is 16.7. The van der Waals surface area contributed by atoms with Crippen molar-refractivity contribution in [1.82, 2.24) is 10.1 Å². The predicted molar refractivity (Wildman–Crippen MR) is 181 cm³/mol. The molecule has 2 saturated heterocycles. The lowest BCUT2D eigenvalue weighted by molar-refractivity contribution is -0.293. The van der Waals surface area contributed by atoms with Crippen LogP contribution in [0.15, 0.2) is 0 Å². The van der Waals surface area contributed by atoms with Crippen LogP contribution in [0.3, 0.4) is 0 Å². The van der Waals surface area contributed by atoms with E-state index in [1.807, 2.05) is 5.06 Å². The normalized spacial score (nSPS) is 22.2. The molecular formula is C37H72N2O5. The first kappa shape index (κ1) is 39.3. The Morgan fingerprint density at radius 2 is 0.864 bits per heavy atom. The maximum Gasteiger partial charge on any atom is 0.508 e. The molecule has 0 unspecified atom stereocenters. The highest BCUT2D eigenvalue weighted by molar-refractivity contribution is 5.60. The summed E-state index contributed by atoms with van der Waals surface area (Å²) in [5.74, 6) is 0. The standard InChI is InChI=1S/C37H72N2O5/c1-11-12-13-14-15-16-17-18-19-20-21-22-23-24-25-26-42-39-36(6,7)29-32(30-37(39,8)9)44-33(40)43-31-27-34(2,3)38(41-10)35(4,5)28-31/h31-32H,11-30H2,1-10H3. The summed E-state index contributed by atoms with van der Waals surface area (Å²) in [5, 5.41) is 4.19. The number of hydrogen-bond donors (Lipinski definition) is 0. The maximum atomic E-state index is 13.0. The van der Waals surface area contributed by atoms with Crippen molar-refractivity contribution in [3.05, 3.63) is 0 Å². The Labute approximate surface area is 272 Å². The van der Waals surface area contributed by atoms with E-state index in [2.05, 4.69) is 67.4 Å². The SMILES string of the molecule is CCCCCCCCCCCCCCCCCON1C(C)(C)CC(OC(=O)OC2CC(C)(C)N(OC)C(C)(C)C2)CC1(C)C. The topological polar surface area (TPSA) is 60.5 Å². The molecule has 2 aliphatic rings. The van der Waals surface area contributed by atoms with Crippen LogP contribution in [-0.4, -0.2) is 64.4 Å². The van der Waals surface area contributed by atoms with E-state index in [0.29, 0.717) is 25.7 Å². The van der Waals surface area contributed by atoms with E-state index in [-0.39, 0.29) is 34.4 Å². The Kier molecular flexibility index (Phi) is 16.5. The van der Waals surface area contributed by atoms with Crippen LogP contribution in [0, 0.1) is 0 Å². The van der Waals surface area contributed by atoms with Crippen LogP contribution in [0.4, 0.5) is 4.79 Å². The van der Waals surface area contributed by atoms with Gasteiger partial charge in [-0.2, -0.15) is 10.1 Å². The zero-order valence-electron chi connectivity index (χ0n) is 30.7. The lowest BCUT2D eigenvalue weighted by atomic mass is 9.80. The molecule has 0 atom stereocenters. The van der Waals surface area contributed by atoms with Crippen LogP contribution in [0.5, 0.6) is 0 Å². The monoisotopic (exact) mass is 625 g/mol. The van der Waals surface area contributed by atoms with Crippen molar-refractivity contribution in [3.8, 4) is 0 Å². The molecule has 0 amide bonds. The molecule has 0 aliphatic carbocycles. The van der Waals surface area contributed by atoms with E-state index in [9.17, 15) is 4.79 Å². The molecule has 0 aromatic rings. The number of nitrogens with zero attached hydrogens (tertiary/aromatic N) is 2. The van der Waals surface area contributed by atoms with Crippen molar-refractivity contribution >= 4 is 6.16 Å². The molecule has 7 heteroatoms. The Balaban J connectivity index is 1.63. The fourth-order valence-electron chi connectivity index (χ4n) is 8.28. The summed E-state index contributed by atoms with van der Waals surface area (Å²) < 4.78 is 11.8. The van der Waals surface area contributed by atoms with Crippen LogP contribution >= 0.6 is 0 Å². The number of rotatable bonds is 20. The predicted octanol–water partition coefficient (Wildman–Crippen LogP) is 10.5. The van der Waals surface area contributed by atoms with Gasteiger partial charge in [-0.15, -0.1) is 0 Å². The van der Waals surface area contributed by atoms with Gasteiger partial charge in [-0.1, -0.05) is 96.8 Å². The van der Waals surface area contributed by atoms with Gasteiger partial charge in [0.1, 0.15) is 12.2 Å². The first-order chi connectivity index (χ1) is 20.6. The number of unbranched alkanes of at least 4 members (excludes halogenated alkanes) is 14. The van der Waals surface area contributed by atoms with Crippen molar-refractivity contribution in [2.45, 2.75) is 219 Å². The first-order valence-electron chi connectivity index (χ1n) is 18.3. The van der Waals surface area contributed by atoms with Gasteiger partial charge in [0.15, 0.2) is 0 Å². The molecule has 0 radical (unpaired) electrons. The smallest absolute Gasteiger partial charge is 0.431 e. The van der Waals surface area contributed by atoms with Gasteiger partial charge in [0.25, 0.3) is 0 Å². The summed E-state index contributed by atoms with van der Waals surface area (Å²) in [6, 6.07) is 0. The number of hydrogen-bond acceptors (Lipinski definition) is 7. The van der Waals surface area contributed by atoms with Gasteiger partial charge in [-0.3, -0.25) is 4.84 Å². The highest BCUT2D eigenvalue weighted by Crippen LogP contribution is 2.42. The van der Waals surface area contributed by atoms with Crippen molar-refractivity contribution in [2.24, 2.45) is 0 Å². The number of ether oxygens (including phenoxy) is 2. The van der Waals surface area contributed by atoms with Crippen LogP contribution in [-0.2, 0) is 19.1 Å². The molecule has 0 bridgehead atoms. The van der Waals surface area contributed by atoms with Gasteiger partial charge in [0.2, 0.25) is 0 Å². The molecule has 7 nitrogen and oxygen atoms in total. The lowest BCUT2D eigenvalue weighted by Gasteiger charge is -2.53. The molecule has 0 aromatic carbocycles. The third kappa shape index (κ3) is 13.1. The second-order valence-electron chi connectivity index (χ2n) is 16.4. The van der Waals surface area contributed by atoms with E-state index in [4.69, 9.17) is 19.1 Å². The number of piperidine rings is 2. The van der Waals surface area contributed by atoms with E-state index < -0.39 is 6.16 Å². The van der Waals surface area contributed by atoms with E-state index in [0.717, 1.165) is 13.0 Å². The van der Waals surface area contributed by atoms with Gasteiger partial charge in [-0.05, 0) is 61.8 Å². The van der Waals surface area contributed by atoms with Gasteiger partial charge in [0.05, 0.1) is 13.7 Å². The van der Waals surface area contributed by atoms with E-state index in [1.165, 1.54) is 89.9 Å². The molecule has 2 heterocycles. The average molecular weight is 625 g/mol. The van der Waals surface area contributed by atoms with Gasteiger partial charge >= 0.3 is 6.16 Å². The molecule has 0 spiro atoms. The fourth-order valence-corrected chi connectivity index (χ4v) is 8.28. The van der Waals surface area contributed by atoms with Crippen molar-refractivity contribution in [2.75, 3.05) is 13.7 Å². The molecule has 0 saturated carbocycles. The Hall–Kier alpha value is -0.890. The largest absolute Gasteiger partial charge is 0.508 e. The Morgan fingerprint density at radius 3 is 1.20 bits per heavy atom. The second kappa shape index (κ2) is 18.4. The number of carbonyl (C=O) groups excluding carboxylic acids is 1. The van der Waals surface area contributed by atoms with Gasteiger partial charge < -0.3 is 14.3 Å². The fraction of sp³-hybridized carbons (Fsp3) is 0.973. The minimum absolute atomic E-state index is 0.210. The summed E-state index contributed by atoms with van der Waals surface area (Å²) in [7, 11) is 1.71. The van der Waals surface area contributed by atoms with E-state index >= 15 is 0 Å².